The van der Waals surface area contributed by atoms with Crippen molar-refractivity contribution < 1.29 is 24.2 Å². The molecule has 2 amide bonds. The van der Waals surface area contributed by atoms with E-state index in [1.807, 2.05) is 41.3 Å². The van der Waals surface area contributed by atoms with Gasteiger partial charge in [-0.2, -0.15) is 0 Å². The molecule has 0 aromatic heterocycles. The lowest BCUT2D eigenvalue weighted by atomic mass is 9.82. The van der Waals surface area contributed by atoms with Crippen molar-refractivity contribution in [3.63, 3.8) is 0 Å². The Kier molecular flexibility index (Phi) is 5.76. The summed E-state index contributed by atoms with van der Waals surface area (Å²) in [5.41, 5.74) is 5.15. The monoisotopic (exact) mass is 499 g/mol. The molecule has 2 N–H and O–H groups in total. The Hall–Kier alpha value is -4.04. The summed E-state index contributed by atoms with van der Waals surface area (Å²) in [6, 6.07) is 18.8. The maximum atomic E-state index is 13.7. The number of rotatable bonds is 4. The second kappa shape index (κ2) is 9.12. The smallest absolute Gasteiger partial charge is 0.254 e. The molecule has 0 radical (unpaired) electrons. The lowest BCUT2D eigenvalue weighted by Gasteiger charge is -2.39. The number of fused-ring (bicyclic) bond motifs is 4. The van der Waals surface area contributed by atoms with Crippen LogP contribution < -0.4 is 14.8 Å². The first-order valence-electron chi connectivity index (χ1n) is 12.5. The quantitative estimate of drug-likeness (QED) is 0.568. The first kappa shape index (κ1) is 23.4. The minimum atomic E-state index is -0.166. The van der Waals surface area contributed by atoms with Crippen LogP contribution in [0.4, 0.5) is 5.69 Å². The van der Waals surface area contributed by atoms with Gasteiger partial charge in [0.2, 0.25) is 6.79 Å². The van der Waals surface area contributed by atoms with E-state index in [2.05, 4.69) is 11.4 Å². The van der Waals surface area contributed by atoms with E-state index in [9.17, 15) is 14.7 Å². The highest BCUT2D eigenvalue weighted by molar-refractivity contribution is 5.96. The number of aliphatic hydroxyl groups is 1. The summed E-state index contributed by atoms with van der Waals surface area (Å²) in [4.78, 5) is 29.5. The Labute approximate surface area is 215 Å². The van der Waals surface area contributed by atoms with E-state index in [0.717, 1.165) is 28.8 Å². The normalized spacial score (nSPS) is 21.2. The number of carbonyl (C=O) groups is 2. The molecular formula is C29H29N3O5. The largest absolute Gasteiger partial charge is 0.454 e. The Morgan fingerprint density at radius 1 is 0.973 bits per heavy atom. The maximum Gasteiger partial charge on any atom is 0.254 e. The van der Waals surface area contributed by atoms with Gasteiger partial charge in [-0.15, -0.1) is 0 Å². The number of anilines is 1. The molecule has 3 aliphatic heterocycles. The fourth-order valence-corrected chi connectivity index (χ4v) is 5.73. The first-order valence-corrected chi connectivity index (χ1v) is 12.5. The molecule has 3 atom stereocenters. The number of benzene rings is 3. The summed E-state index contributed by atoms with van der Waals surface area (Å²) in [5, 5.41) is 13.6. The van der Waals surface area contributed by atoms with Crippen LogP contribution in [0.15, 0.2) is 60.7 Å². The number of ether oxygens (including phenoxy) is 2. The van der Waals surface area contributed by atoms with Gasteiger partial charge in [-0.05, 0) is 65.6 Å². The summed E-state index contributed by atoms with van der Waals surface area (Å²) in [7, 11) is 3.47. The van der Waals surface area contributed by atoms with Crippen LogP contribution >= 0.6 is 0 Å². The fourth-order valence-electron chi connectivity index (χ4n) is 5.73. The number of hydrogen-bond acceptors (Lipinski definition) is 6. The summed E-state index contributed by atoms with van der Waals surface area (Å²) < 4.78 is 10.9. The molecule has 3 aromatic carbocycles. The highest BCUT2D eigenvalue weighted by atomic mass is 16.7. The number of carbonyl (C=O) groups excluding carboxylic acids is 2. The van der Waals surface area contributed by atoms with Crippen molar-refractivity contribution in [1.82, 2.24) is 9.80 Å². The third-order valence-corrected chi connectivity index (χ3v) is 7.62. The minimum absolute atomic E-state index is 0.00419. The fraction of sp³-hybridized carbons (Fsp3) is 0.310. The molecule has 0 saturated carbocycles. The molecule has 3 aliphatic rings. The van der Waals surface area contributed by atoms with Gasteiger partial charge in [0, 0.05) is 43.4 Å². The molecule has 3 aromatic rings. The van der Waals surface area contributed by atoms with E-state index >= 15 is 0 Å². The zero-order valence-electron chi connectivity index (χ0n) is 20.8. The Morgan fingerprint density at radius 3 is 2.46 bits per heavy atom. The van der Waals surface area contributed by atoms with Gasteiger partial charge < -0.3 is 29.7 Å². The first-order chi connectivity index (χ1) is 17.9. The van der Waals surface area contributed by atoms with E-state index in [-0.39, 0.29) is 43.2 Å². The molecule has 37 heavy (non-hydrogen) atoms. The molecule has 0 bridgehead atoms. The van der Waals surface area contributed by atoms with E-state index < -0.39 is 0 Å². The van der Waals surface area contributed by atoms with Crippen molar-refractivity contribution >= 4 is 17.5 Å². The number of nitrogens with one attached hydrogen (secondary N) is 1. The van der Waals surface area contributed by atoms with Gasteiger partial charge >= 0.3 is 0 Å². The van der Waals surface area contributed by atoms with Crippen LogP contribution in [-0.2, 0) is 0 Å². The SMILES string of the molecule is CN(C)C(=O)c1ccc(-c2ccc3c(c2)[C@@H]2[C@@H](CCN2C(=O)c2ccc4c(c2)OCO4)[C@@H](CO)N3)cc1. The third-order valence-electron chi connectivity index (χ3n) is 7.62. The number of aliphatic hydroxyl groups excluding tert-OH is 1. The standard InChI is InChI=1S/C29H29N3O5/c1-31(2)28(34)18-5-3-17(4-6-18)19-7-9-23-22(13-19)27-21(24(15-33)30-23)11-12-32(27)29(35)20-8-10-25-26(14-20)37-16-36-25/h3-10,13-14,21,24,27,30,33H,11-12,15-16H2,1-2H3/t21-,24+,27-/m0/s1. The van der Waals surface area contributed by atoms with Crippen LogP contribution in [0.3, 0.4) is 0 Å². The van der Waals surface area contributed by atoms with Gasteiger partial charge in [-0.25, -0.2) is 0 Å². The van der Waals surface area contributed by atoms with E-state index in [0.29, 0.717) is 29.2 Å². The van der Waals surface area contributed by atoms with Crippen LogP contribution in [0.5, 0.6) is 11.5 Å². The highest BCUT2D eigenvalue weighted by Gasteiger charge is 2.46. The highest BCUT2D eigenvalue weighted by Crippen LogP contribution is 2.48. The van der Waals surface area contributed by atoms with Crippen LogP contribution in [0.2, 0.25) is 0 Å². The summed E-state index contributed by atoms with van der Waals surface area (Å²) in [6.07, 6.45) is 0.796. The second-order valence-corrected chi connectivity index (χ2v) is 9.98. The number of likely N-dealkylation sites (tertiary alicyclic amines) is 1. The van der Waals surface area contributed by atoms with E-state index in [1.165, 1.54) is 0 Å². The van der Waals surface area contributed by atoms with Gasteiger partial charge in [0.15, 0.2) is 11.5 Å². The van der Waals surface area contributed by atoms with Gasteiger partial charge in [-0.3, -0.25) is 9.59 Å². The minimum Gasteiger partial charge on any atom is -0.454 e. The van der Waals surface area contributed by atoms with Crippen LogP contribution in [0, 0.1) is 5.92 Å². The van der Waals surface area contributed by atoms with Gasteiger partial charge in [0.05, 0.1) is 18.7 Å². The molecule has 8 heteroatoms. The van der Waals surface area contributed by atoms with Crippen molar-refractivity contribution in [3.05, 3.63) is 77.4 Å². The van der Waals surface area contributed by atoms with Crippen LogP contribution in [0.1, 0.15) is 38.7 Å². The third kappa shape index (κ3) is 3.97. The average molecular weight is 500 g/mol. The molecule has 6 rings (SSSR count). The zero-order valence-corrected chi connectivity index (χ0v) is 20.8. The number of nitrogens with zero attached hydrogens (tertiary/aromatic N) is 2. The van der Waals surface area contributed by atoms with E-state index in [1.54, 1.807) is 37.2 Å². The average Bonchev–Trinajstić information content (AvgIpc) is 3.59. The summed E-state index contributed by atoms with van der Waals surface area (Å²) in [6.45, 7) is 0.757. The van der Waals surface area contributed by atoms with Crippen LogP contribution in [-0.4, -0.2) is 66.8 Å². The number of hydrogen-bond donors (Lipinski definition) is 2. The maximum absolute atomic E-state index is 13.7. The molecule has 1 saturated heterocycles. The Balaban J connectivity index is 1.35. The van der Waals surface area contributed by atoms with Gasteiger partial charge in [0.1, 0.15) is 0 Å². The molecule has 0 aliphatic carbocycles. The Morgan fingerprint density at radius 2 is 1.70 bits per heavy atom. The molecule has 190 valence electrons. The van der Waals surface area contributed by atoms with Crippen LogP contribution in [0.25, 0.3) is 11.1 Å². The topological polar surface area (TPSA) is 91.3 Å². The lowest BCUT2D eigenvalue weighted by Crippen LogP contribution is -2.42. The lowest BCUT2D eigenvalue weighted by molar-refractivity contribution is 0.0700. The van der Waals surface area contributed by atoms with Crippen molar-refractivity contribution in [1.29, 1.82) is 0 Å². The zero-order chi connectivity index (χ0) is 25.7. The molecule has 0 spiro atoms. The second-order valence-electron chi connectivity index (χ2n) is 9.98. The van der Waals surface area contributed by atoms with Crippen molar-refractivity contribution in [2.45, 2.75) is 18.5 Å². The van der Waals surface area contributed by atoms with Crippen molar-refractivity contribution in [2.24, 2.45) is 5.92 Å². The molecular weight excluding hydrogens is 470 g/mol. The molecule has 0 unspecified atom stereocenters. The number of amides is 2. The Bertz CT molecular complexity index is 1370. The van der Waals surface area contributed by atoms with Crippen molar-refractivity contribution in [2.75, 3.05) is 39.4 Å². The molecule has 8 nitrogen and oxygen atoms in total. The van der Waals surface area contributed by atoms with E-state index in [4.69, 9.17) is 9.47 Å². The van der Waals surface area contributed by atoms with Gasteiger partial charge in [-0.1, -0.05) is 18.2 Å². The molecule has 3 heterocycles. The summed E-state index contributed by atoms with van der Waals surface area (Å²) in [5.74, 6) is 1.21. The summed E-state index contributed by atoms with van der Waals surface area (Å²) >= 11 is 0. The van der Waals surface area contributed by atoms with Crippen molar-refractivity contribution in [3.8, 4) is 22.6 Å². The predicted octanol–water partition coefficient (Wildman–Crippen LogP) is 3.77. The van der Waals surface area contributed by atoms with Gasteiger partial charge in [0.25, 0.3) is 11.8 Å². The molecule has 1 fully saturated rings. The predicted molar refractivity (Wildman–Crippen MR) is 139 cm³/mol.